The molecule has 5 nitrogen and oxygen atoms in total. The van der Waals surface area contributed by atoms with Crippen molar-refractivity contribution in [2.45, 2.75) is 25.8 Å². The van der Waals surface area contributed by atoms with E-state index in [1.165, 1.54) is 6.42 Å². The molecule has 2 N–H and O–H groups in total. The van der Waals surface area contributed by atoms with E-state index < -0.39 is 5.97 Å². The third-order valence-corrected chi connectivity index (χ3v) is 3.29. The van der Waals surface area contributed by atoms with E-state index in [4.69, 9.17) is 5.11 Å². The number of carbonyl (C=O) groups is 1. The number of hydrogen-bond acceptors (Lipinski definition) is 4. The van der Waals surface area contributed by atoms with Gasteiger partial charge in [-0.25, -0.2) is 9.78 Å². The van der Waals surface area contributed by atoms with Crippen LogP contribution in [0.4, 0.5) is 5.82 Å². The highest BCUT2D eigenvalue weighted by Gasteiger charge is 2.17. The molecule has 1 saturated heterocycles. The second-order valence-corrected chi connectivity index (χ2v) is 4.88. The van der Waals surface area contributed by atoms with Gasteiger partial charge >= 0.3 is 5.97 Å². The molecule has 0 radical (unpaired) electrons. The number of pyridine rings is 1. The highest BCUT2D eigenvalue weighted by molar-refractivity contribution is 5.89. The Balaban J connectivity index is 2.05. The predicted octanol–water partition coefficient (Wildman–Crippen LogP) is 1.59. The average Bonchev–Trinajstić information content (AvgIpc) is 2.28. The number of carboxylic acids is 1. The molecule has 0 saturated carbocycles. The van der Waals surface area contributed by atoms with Crippen LogP contribution in [0.3, 0.4) is 0 Å². The van der Waals surface area contributed by atoms with E-state index in [0.717, 1.165) is 25.3 Å². The summed E-state index contributed by atoms with van der Waals surface area (Å²) in [5, 5.41) is 12.3. The lowest BCUT2D eigenvalue weighted by molar-refractivity contribution is 0.0695. The molecule has 0 amide bonds. The fourth-order valence-corrected chi connectivity index (χ4v) is 2.36. The number of nitrogens with zero attached hydrogens (tertiary/aromatic N) is 2. The number of aromatic carboxylic acids is 1. The molecule has 1 aliphatic rings. The molecular formula is C13H19N3O2. The van der Waals surface area contributed by atoms with Crippen LogP contribution in [0.25, 0.3) is 0 Å². The minimum Gasteiger partial charge on any atom is -0.478 e. The van der Waals surface area contributed by atoms with Crippen LogP contribution >= 0.6 is 0 Å². The maximum absolute atomic E-state index is 10.9. The molecule has 1 aliphatic heterocycles. The van der Waals surface area contributed by atoms with Crippen LogP contribution in [0.5, 0.6) is 0 Å². The summed E-state index contributed by atoms with van der Waals surface area (Å²) in [5.74, 6) is -0.165. The van der Waals surface area contributed by atoms with Gasteiger partial charge in [0.1, 0.15) is 5.82 Å². The second kappa shape index (κ2) is 5.35. The van der Waals surface area contributed by atoms with Gasteiger partial charge in [-0.15, -0.1) is 0 Å². The van der Waals surface area contributed by atoms with Crippen molar-refractivity contribution in [1.82, 2.24) is 9.88 Å². The van der Waals surface area contributed by atoms with Gasteiger partial charge in [0.15, 0.2) is 0 Å². The summed E-state index contributed by atoms with van der Waals surface area (Å²) >= 11 is 0. The maximum Gasteiger partial charge on any atom is 0.337 e. The van der Waals surface area contributed by atoms with E-state index in [1.807, 2.05) is 0 Å². The van der Waals surface area contributed by atoms with Gasteiger partial charge in [0, 0.05) is 12.6 Å². The van der Waals surface area contributed by atoms with Crippen LogP contribution in [-0.2, 0) is 0 Å². The minimum absolute atomic E-state index is 0.265. The number of aryl methyl sites for hydroxylation is 1. The minimum atomic E-state index is -0.927. The smallest absolute Gasteiger partial charge is 0.337 e. The molecule has 1 aromatic rings. The first-order valence-electron chi connectivity index (χ1n) is 6.22. The first-order chi connectivity index (χ1) is 8.56. The van der Waals surface area contributed by atoms with Crippen molar-refractivity contribution in [3.63, 3.8) is 0 Å². The molecule has 1 atom stereocenters. The number of nitrogens with one attached hydrogen (secondary N) is 1. The lowest BCUT2D eigenvalue weighted by Gasteiger charge is -2.30. The summed E-state index contributed by atoms with van der Waals surface area (Å²) in [6.07, 6.45) is 2.31. The molecule has 0 aliphatic carbocycles. The van der Waals surface area contributed by atoms with Gasteiger partial charge in [0.2, 0.25) is 0 Å². The summed E-state index contributed by atoms with van der Waals surface area (Å²) < 4.78 is 0. The first-order valence-corrected chi connectivity index (χ1v) is 6.22. The monoisotopic (exact) mass is 249 g/mol. The number of hydrogen-bond donors (Lipinski definition) is 2. The molecule has 18 heavy (non-hydrogen) atoms. The lowest BCUT2D eigenvalue weighted by Crippen LogP contribution is -2.39. The summed E-state index contributed by atoms with van der Waals surface area (Å²) in [4.78, 5) is 17.5. The molecule has 98 valence electrons. The molecule has 0 aromatic carbocycles. The van der Waals surface area contributed by atoms with Crippen molar-refractivity contribution in [1.29, 1.82) is 0 Å². The van der Waals surface area contributed by atoms with Crippen LogP contribution < -0.4 is 5.32 Å². The Morgan fingerprint density at radius 1 is 1.56 bits per heavy atom. The summed E-state index contributed by atoms with van der Waals surface area (Å²) in [6.45, 7) is 3.87. The number of likely N-dealkylation sites (N-methyl/N-ethyl adjacent to an activating group) is 1. The van der Waals surface area contributed by atoms with Crippen LogP contribution in [0.15, 0.2) is 12.1 Å². The Morgan fingerprint density at radius 3 is 2.94 bits per heavy atom. The number of anilines is 1. The first kappa shape index (κ1) is 12.8. The van der Waals surface area contributed by atoms with Crippen molar-refractivity contribution in [2.75, 3.05) is 25.5 Å². The van der Waals surface area contributed by atoms with E-state index in [1.54, 1.807) is 19.1 Å². The topological polar surface area (TPSA) is 65.5 Å². The molecule has 1 aromatic heterocycles. The second-order valence-electron chi connectivity index (χ2n) is 4.88. The van der Waals surface area contributed by atoms with Gasteiger partial charge in [0.25, 0.3) is 0 Å². The molecule has 2 rings (SSSR count). The Labute approximate surface area is 107 Å². The number of likely N-dealkylation sites (tertiary alicyclic amines) is 1. The van der Waals surface area contributed by atoms with Gasteiger partial charge in [-0.1, -0.05) is 0 Å². The molecule has 0 spiro atoms. The Kier molecular flexibility index (Phi) is 3.81. The van der Waals surface area contributed by atoms with Crippen LogP contribution in [0, 0.1) is 6.92 Å². The number of aromatic nitrogens is 1. The summed E-state index contributed by atoms with van der Waals surface area (Å²) in [5.41, 5.74) is 0.818. The van der Waals surface area contributed by atoms with Gasteiger partial charge in [-0.3, -0.25) is 0 Å². The molecule has 2 heterocycles. The predicted molar refractivity (Wildman–Crippen MR) is 70.1 cm³/mol. The van der Waals surface area contributed by atoms with E-state index in [0.29, 0.717) is 11.7 Å². The zero-order valence-corrected chi connectivity index (χ0v) is 10.8. The third kappa shape index (κ3) is 2.98. The maximum atomic E-state index is 10.9. The molecule has 0 bridgehead atoms. The van der Waals surface area contributed by atoms with Crippen molar-refractivity contribution in [2.24, 2.45) is 0 Å². The number of piperidine rings is 1. The van der Waals surface area contributed by atoms with E-state index in [9.17, 15) is 4.79 Å². The molecule has 5 heteroatoms. The fraction of sp³-hybridized carbons (Fsp3) is 0.538. The van der Waals surface area contributed by atoms with Crippen molar-refractivity contribution < 1.29 is 9.90 Å². The van der Waals surface area contributed by atoms with Gasteiger partial charge in [-0.2, -0.15) is 0 Å². The zero-order valence-electron chi connectivity index (χ0n) is 10.8. The van der Waals surface area contributed by atoms with Crippen LogP contribution in [0.2, 0.25) is 0 Å². The highest BCUT2D eigenvalue weighted by Crippen LogP contribution is 2.15. The molecule has 1 fully saturated rings. The van der Waals surface area contributed by atoms with E-state index in [2.05, 4.69) is 22.2 Å². The van der Waals surface area contributed by atoms with Gasteiger partial charge in [-0.05, 0) is 45.5 Å². The van der Waals surface area contributed by atoms with Crippen LogP contribution in [-0.4, -0.2) is 47.1 Å². The fourth-order valence-electron chi connectivity index (χ4n) is 2.36. The zero-order chi connectivity index (χ0) is 13.1. The Hall–Kier alpha value is -1.62. The van der Waals surface area contributed by atoms with E-state index in [-0.39, 0.29) is 5.56 Å². The lowest BCUT2D eigenvalue weighted by atomic mass is 10.1. The third-order valence-electron chi connectivity index (χ3n) is 3.29. The van der Waals surface area contributed by atoms with Crippen molar-refractivity contribution >= 4 is 11.8 Å². The molecule has 1 unspecified atom stereocenters. The van der Waals surface area contributed by atoms with Crippen LogP contribution in [0.1, 0.15) is 28.9 Å². The average molecular weight is 249 g/mol. The standard InChI is InChI=1S/C13H19N3O2/c1-9-11(13(17)18)5-6-12(14-9)15-10-4-3-7-16(2)8-10/h5-6,10H,3-4,7-8H2,1-2H3,(H,14,15)(H,17,18). The SMILES string of the molecule is Cc1nc(NC2CCCN(C)C2)ccc1C(=O)O. The largest absolute Gasteiger partial charge is 0.478 e. The quantitative estimate of drug-likeness (QED) is 0.851. The highest BCUT2D eigenvalue weighted by atomic mass is 16.4. The molecular weight excluding hydrogens is 230 g/mol. The summed E-state index contributed by atoms with van der Waals surface area (Å²) in [6, 6.07) is 3.75. The Morgan fingerprint density at radius 2 is 2.33 bits per heavy atom. The van der Waals surface area contributed by atoms with Gasteiger partial charge < -0.3 is 15.3 Å². The van der Waals surface area contributed by atoms with E-state index >= 15 is 0 Å². The number of rotatable bonds is 3. The van der Waals surface area contributed by atoms with Gasteiger partial charge in [0.05, 0.1) is 11.3 Å². The normalized spacial score (nSPS) is 20.7. The Bertz CT molecular complexity index is 448. The van der Waals surface area contributed by atoms with Crippen molar-refractivity contribution in [3.05, 3.63) is 23.4 Å². The summed E-state index contributed by atoms with van der Waals surface area (Å²) in [7, 11) is 2.11. The van der Waals surface area contributed by atoms with Crippen molar-refractivity contribution in [3.8, 4) is 0 Å². The number of carboxylic acid groups (broad SMARTS) is 1.